The van der Waals surface area contributed by atoms with Crippen LogP contribution in [0.25, 0.3) is 0 Å². The minimum Gasteiger partial charge on any atom is -0.383 e. The Morgan fingerprint density at radius 1 is 1.26 bits per heavy atom. The van der Waals surface area contributed by atoms with E-state index < -0.39 is 0 Å². The molecule has 2 heterocycles. The van der Waals surface area contributed by atoms with Crippen LogP contribution in [-0.4, -0.2) is 28.3 Å². The van der Waals surface area contributed by atoms with E-state index in [9.17, 15) is 0 Å². The molecule has 2 rings (SSSR count). The molecule has 0 atom stereocenters. The molecule has 0 aliphatic heterocycles. The molecule has 2 aromatic rings. The molecule has 1 N–H and O–H groups in total. The van der Waals surface area contributed by atoms with Gasteiger partial charge in [0.1, 0.15) is 0 Å². The third-order valence-corrected chi connectivity index (χ3v) is 2.86. The van der Waals surface area contributed by atoms with E-state index in [4.69, 9.17) is 4.74 Å². The summed E-state index contributed by atoms with van der Waals surface area (Å²) < 4.78 is 7.17. The zero-order valence-electron chi connectivity index (χ0n) is 11.7. The van der Waals surface area contributed by atoms with E-state index in [-0.39, 0.29) is 0 Å². The molecule has 5 heteroatoms. The highest BCUT2D eigenvalue weighted by atomic mass is 16.5. The van der Waals surface area contributed by atoms with E-state index >= 15 is 0 Å². The summed E-state index contributed by atoms with van der Waals surface area (Å²) in [5, 5.41) is 3.34. The average Bonchev–Trinajstić information content (AvgIpc) is 2.76. The Balaban J connectivity index is 2.00. The highest BCUT2D eigenvalue weighted by Gasteiger charge is 2.05. The van der Waals surface area contributed by atoms with Crippen LogP contribution in [-0.2, 0) is 17.8 Å². The summed E-state index contributed by atoms with van der Waals surface area (Å²) >= 11 is 0. The third kappa shape index (κ3) is 3.79. The van der Waals surface area contributed by atoms with E-state index in [0.717, 1.165) is 36.0 Å². The monoisotopic (exact) mass is 260 g/mol. The molecule has 2 aromatic heterocycles. The Morgan fingerprint density at radius 3 is 2.79 bits per heavy atom. The van der Waals surface area contributed by atoms with E-state index in [1.54, 1.807) is 7.11 Å². The number of methoxy groups -OCH3 is 1. The summed E-state index contributed by atoms with van der Waals surface area (Å²) in [6.07, 6.45) is 3.91. The molecule has 102 valence electrons. The minimum atomic E-state index is 0.677. The summed E-state index contributed by atoms with van der Waals surface area (Å²) in [5.74, 6) is 0.870. The molecule has 0 radical (unpaired) electrons. The van der Waals surface area contributed by atoms with Gasteiger partial charge in [-0.3, -0.25) is 4.98 Å². The second-order valence-corrected chi connectivity index (χ2v) is 4.55. The van der Waals surface area contributed by atoms with Crippen molar-refractivity contribution in [3.05, 3.63) is 41.5 Å². The number of aryl methyl sites for hydroxylation is 2. The molecule has 0 unspecified atom stereocenters. The molecule has 0 bridgehead atoms. The van der Waals surface area contributed by atoms with E-state index in [0.29, 0.717) is 6.61 Å². The largest absolute Gasteiger partial charge is 0.383 e. The maximum atomic E-state index is 5.10. The van der Waals surface area contributed by atoms with Gasteiger partial charge in [0, 0.05) is 38.3 Å². The van der Waals surface area contributed by atoms with Crippen molar-refractivity contribution in [2.45, 2.75) is 26.9 Å². The fourth-order valence-corrected chi connectivity index (χ4v) is 1.83. The molecule has 0 aliphatic rings. The Bertz CT molecular complexity index is 519. The van der Waals surface area contributed by atoms with Gasteiger partial charge < -0.3 is 14.6 Å². The standard InChI is InChI=1S/C14H20N4O/c1-11-4-5-13(8-15-11)9-16-14-17-12(2)10-18(14)6-7-19-3/h4-5,8,10H,6-7,9H2,1-3H3,(H,16,17). The first kappa shape index (κ1) is 13.5. The maximum absolute atomic E-state index is 5.10. The maximum Gasteiger partial charge on any atom is 0.203 e. The van der Waals surface area contributed by atoms with Crippen LogP contribution in [0.3, 0.4) is 0 Å². The van der Waals surface area contributed by atoms with Crippen molar-refractivity contribution in [3.8, 4) is 0 Å². The Hall–Kier alpha value is -1.88. The van der Waals surface area contributed by atoms with Gasteiger partial charge in [0.25, 0.3) is 0 Å². The van der Waals surface area contributed by atoms with Crippen molar-refractivity contribution >= 4 is 5.95 Å². The van der Waals surface area contributed by atoms with Crippen LogP contribution < -0.4 is 5.32 Å². The van der Waals surface area contributed by atoms with Crippen LogP contribution in [0.15, 0.2) is 24.5 Å². The van der Waals surface area contributed by atoms with Crippen molar-refractivity contribution in [2.75, 3.05) is 19.0 Å². The number of aromatic nitrogens is 3. The normalized spacial score (nSPS) is 10.7. The topological polar surface area (TPSA) is 52.0 Å². The lowest BCUT2D eigenvalue weighted by atomic mass is 10.2. The van der Waals surface area contributed by atoms with Crippen molar-refractivity contribution in [1.29, 1.82) is 0 Å². The van der Waals surface area contributed by atoms with Crippen LogP contribution in [0.2, 0.25) is 0 Å². The van der Waals surface area contributed by atoms with Crippen LogP contribution in [0, 0.1) is 13.8 Å². The zero-order chi connectivity index (χ0) is 13.7. The second kappa shape index (κ2) is 6.33. The van der Waals surface area contributed by atoms with Gasteiger partial charge in [-0.15, -0.1) is 0 Å². The summed E-state index contributed by atoms with van der Waals surface area (Å²) in [6, 6.07) is 4.09. The number of imidazole rings is 1. The number of rotatable bonds is 6. The van der Waals surface area contributed by atoms with Crippen LogP contribution in [0.1, 0.15) is 17.0 Å². The zero-order valence-corrected chi connectivity index (χ0v) is 11.7. The Kier molecular flexibility index (Phi) is 4.52. The molecule has 0 spiro atoms. The first-order valence-electron chi connectivity index (χ1n) is 6.37. The molecule has 0 aliphatic carbocycles. The fraction of sp³-hybridized carbons (Fsp3) is 0.429. The number of hydrogen-bond acceptors (Lipinski definition) is 4. The van der Waals surface area contributed by atoms with Crippen LogP contribution >= 0.6 is 0 Å². The minimum absolute atomic E-state index is 0.677. The highest BCUT2D eigenvalue weighted by molar-refractivity contribution is 5.30. The predicted octanol–water partition coefficient (Wildman–Crippen LogP) is 2.15. The average molecular weight is 260 g/mol. The molecule has 0 saturated carbocycles. The van der Waals surface area contributed by atoms with Crippen molar-refractivity contribution < 1.29 is 4.74 Å². The smallest absolute Gasteiger partial charge is 0.203 e. The van der Waals surface area contributed by atoms with Crippen molar-refractivity contribution in [3.63, 3.8) is 0 Å². The van der Waals surface area contributed by atoms with E-state index in [1.807, 2.05) is 32.3 Å². The number of anilines is 1. The molecule has 0 aromatic carbocycles. The molecule has 0 amide bonds. The SMILES string of the molecule is COCCn1cc(C)nc1NCc1ccc(C)nc1. The van der Waals surface area contributed by atoms with Gasteiger partial charge in [-0.1, -0.05) is 6.07 Å². The van der Waals surface area contributed by atoms with Gasteiger partial charge in [0.15, 0.2) is 0 Å². The summed E-state index contributed by atoms with van der Waals surface area (Å²) in [5.41, 5.74) is 3.17. The molecular weight excluding hydrogens is 240 g/mol. The second-order valence-electron chi connectivity index (χ2n) is 4.55. The van der Waals surface area contributed by atoms with E-state index in [1.165, 1.54) is 0 Å². The Labute approximate surface area is 113 Å². The van der Waals surface area contributed by atoms with Gasteiger partial charge in [-0.2, -0.15) is 0 Å². The van der Waals surface area contributed by atoms with Crippen molar-refractivity contribution in [2.24, 2.45) is 0 Å². The lowest BCUT2D eigenvalue weighted by Crippen LogP contribution is -2.10. The fourth-order valence-electron chi connectivity index (χ4n) is 1.83. The quantitative estimate of drug-likeness (QED) is 0.864. The predicted molar refractivity (Wildman–Crippen MR) is 75.1 cm³/mol. The molecular formula is C14H20N4O. The number of pyridine rings is 1. The Morgan fingerprint density at radius 2 is 2.11 bits per heavy atom. The van der Waals surface area contributed by atoms with Crippen LogP contribution in [0.5, 0.6) is 0 Å². The number of nitrogens with one attached hydrogen (secondary N) is 1. The summed E-state index contributed by atoms with van der Waals surface area (Å²) in [6.45, 7) is 6.17. The lowest BCUT2D eigenvalue weighted by Gasteiger charge is -2.09. The van der Waals surface area contributed by atoms with Gasteiger partial charge in [-0.05, 0) is 25.5 Å². The molecule has 0 fully saturated rings. The highest BCUT2D eigenvalue weighted by Crippen LogP contribution is 2.10. The van der Waals surface area contributed by atoms with Gasteiger partial charge in [0.2, 0.25) is 5.95 Å². The lowest BCUT2D eigenvalue weighted by molar-refractivity contribution is 0.187. The van der Waals surface area contributed by atoms with Crippen LogP contribution in [0.4, 0.5) is 5.95 Å². The van der Waals surface area contributed by atoms with E-state index in [2.05, 4.69) is 25.9 Å². The van der Waals surface area contributed by atoms with Crippen molar-refractivity contribution in [1.82, 2.24) is 14.5 Å². The number of nitrogens with zero attached hydrogens (tertiary/aromatic N) is 3. The van der Waals surface area contributed by atoms with Gasteiger partial charge >= 0.3 is 0 Å². The van der Waals surface area contributed by atoms with Gasteiger partial charge in [-0.25, -0.2) is 4.98 Å². The van der Waals surface area contributed by atoms with Gasteiger partial charge in [0.05, 0.1) is 12.3 Å². The third-order valence-electron chi connectivity index (χ3n) is 2.86. The molecule has 0 saturated heterocycles. The molecule has 19 heavy (non-hydrogen) atoms. The number of hydrogen-bond donors (Lipinski definition) is 1. The first-order valence-corrected chi connectivity index (χ1v) is 6.37. The first-order chi connectivity index (χ1) is 9.19. The summed E-state index contributed by atoms with van der Waals surface area (Å²) in [4.78, 5) is 8.75. The number of ether oxygens (including phenoxy) is 1. The molecule has 5 nitrogen and oxygen atoms in total. The summed E-state index contributed by atoms with van der Waals surface area (Å²) in [7, 11) is 1.70.